The van der Waals surface area contributed by atoms with Crippen LogP contribution in [0, 0.1) is 11.3 Å². The van der Waals surface area contributed by atoms with Crippen molar-refractivity contribution in [2.45, 2.75) is 33.6 Å². The van der Waals surface area contributed by atoms with Gasteiger partial charge in [0.2, 0.25) is 5.91 Å². The molecule has 0 bridgehead atoms. The van der Waals surface area contributed by atoms with E-state index >= 15 is 0 Å². The minimum Gasteiger partial charge on any atom is -0.340 e. The lowest BCUT2D eigenvalue weighted by atomic mass is 9.72. The molecule has 0 N–H and O–H groups in total. The molecule has 128 valence electrons. The van der Waals surface area contributed by atoms with Gasteiger partial charge in [0.05, 0.1) is 6.54 Å². The number of carbonyl (C=O) groups excluding carboxylic acids is 3. The number of nitrogens with zero attached hydrogens (tertiary/aromatic N) is 3. The van der Waals surface area contributed by atoms with Crippen LogP contribution in [0.2, 0.25) is 0 Å². The van der Waals surface area contributed by atoms with Crippen LogP contribution in [-0.4, -0.2) is 72.8 Å². The topological polar surface area (TPSA) is 70.1 Å². The molecule has 23 heavy (non-hydrogen) atoms. The molecule has 0 atom stereocenters. The number of piperazine rings is 1. The summed E-state index contributed by atoms with van der Waals surface area (Å²) in [6.07, 6.45) is 2.44. The summed E-state index contributed by atoms with van der Waals surface area (Å²) < 4.78 is 0. The summed E-state index contributed by atoms with van der Waals surface area (Å²) in [6, 6.07) is 0. The highest BCUT2D eigenvalue weighted by molar-refractivity contribution is 6.16. The van der Waals surface area contributed by atoms with E-state index in [0.717, 1.165) is 32.7 Å². The maximum Gasteiger partial charge on any atom is 0.219 e. The van der Waals surface area contributed by atoms with Gasteiger partial charge in [-0.2, -0.15) is 0 Å². The molecule has 1 saturated carbocycles. The van der Waals surface area contributed by atoms with Crippen molar-refractivity contribution in [2.75, 3.05) is 39.3 Å². The highest BCUT2D eigenvalue weighted by Gasteiger charge is 2.38. The van der Waals surface area contributed by atoms with Gasteiger partial charge in [-0.05, 0) is 5.41 Å². The predicted molar refractivity (Wildman–Crippen MR) is 88.6 cm³/mol. The van der Waals surface area contributed by atoms with E-state index < -0.39 is 5.92 Å². The predicted octanol–water partition coefficient (Wildman–Crippen LogP) is 0.796. The quantitative estimate of drug-likeness (QED) is 0.567. The van der Waals surface area contributed by atoms with Crippen molar-refractivity contribution in [2.24, 2.45) is 16.3 Å². The molecule has 6 nitrogen and oxygen atoms in total. The molecule has 2 aliphatic rings. The summed E-state index contributed by atoms with van der Waals surface area (Å²) >= 11 is 0. The first-order valence-corrected chi connectivity index (χ1v) is 8.32. The maximum atomic E-state index is 12.1. The zero-order valence-electron chi connectivity index (χ0n) is 14.4. The molecule has 0 aromatic carbocycles. The Balaban J connectivity index is 1.74. The third kappa shape index (κ3) is 4.96. The monoisotopic (exact) mass is 321 g/mol. The molecule has 1 aliphatic heterocycles. The molecular formula is C17H27N3O3. The van der Waals surface area contributed by atoms with Gasteiger partial charge < -0.3 is 4.90 Å². The van der Waals surface area contributed by atoms with Crippen LogP contribution in [-0.2, 0) is 14.4 Å². The van der Waals surface area contributed by atoms with Crippen LogP contribution in [0.3, 0.4) is 0 Å². The molecule has 0 spiro atoms. The van der Waals surface area contributed by atoms with Crippen LogP contribution in [0.25, 0.3) is 0 Å². The number of ketones is 2. The lowest BCUT2D eigenvalue weighted by molar-refractivity contribution is -0.136. The Kier molecular flexibility index (Phi) is 5.68. The first-order valence-electron chi connectivity index (χ1n) is 8.32. The molecule has 0 aromatic heterocycles. The van der Waals surface area contributed by atoms with E-state index in [0.29, 0.717) is 19.4 Å². The number of carbonyl (C=O) groups is 3. The third-order valence-electron chi connectivity index (χ3n) is 4.62. The van der Waals surface area contributed by atoms with Crippen LogP contribution in [0.1, 0.15) is 33.6 Å². The number of aliphatic imine (C=N–C) groups is 1. The zero-order valence-corrected chi connectivity index (χ0v) is 14.4. The Bertz CT molecular complexity index is 485. The summed E-state index contributed by atoms with van der Waals surface area (Å²) in [5.41, 5.74) is -0.213. The van der Waals surface area contributed by atoms with Gasteiger partial charge in [0.25, 0.3) is 0 Å². The smallest absolute Gasteiger partial charge is 0.219 e. The standard InChI is InChI=1S/C17H27N3O3/c1-13(21)20-8-6-19(7-9-20)5-4-18-12-14-15(22)10-17(2,3)11-16(14)23/h12,14H,4-11H2,1-3H3. The average molecular weight is 321 g/mol. The summed E-state index contributed by atoms with van der Waals surface area (Å²) in [4.78, 5) is 43.8. The fourth-order valence-corrected chi connectivity index (χ4v) is 3.24. The van der Waals surface area contributed by atoms with E-state index in [9.17, 15) is 14.4 Å². The molecule has 2 fully saturated rings. The lowest BCUT2D eigenvalue weighted by Crippen LogP contribution is -2.48. The third-order valence-corrected chi connectivity index (χ3v) is 4.62. The molecule has 0 aromatic rings. The second kappa shape index (κ2) is 7.34. The van der Waals surface area contributed by atoms with E-state index in [1.807, 2.05) is 18.7 Å². The molecular weight excluding hydrogens is 294 g/mol. The van der Waals surface area contributed by atoms with E-state index in [-0.39, 0.29) is 22.9 Å². The minimum atomic E-state index is -0.641. The lowest BCUT2D eigenvalue weighted by Gasteiger charge is -2.33. The number of hydrogen-bond acceptors (Lipinski definition) is 5. The highest BCUT2D eigenvalue weighted by atomic mass is 16.2. The summed E-state index contributed by atoms with van der Waals surface area (Å²) in [5, 5.41) is 0. The summed E-state index contributed by atoms with van der Waals surface area (Å²) in [7, 11) is 0. The van der Waals surface area contributed by atoms with Crippen molar-refractivity contribution in [3.05, 3.63) is 0 Å². The van der Waals surface area contributed by atoms with Crippen molar-refractivity contribution in [3.63, 3.8) is 0 Å². The van der Waals surface area contributed by atoms with Crippen LogP contribution in [0.4, 0.5) is 0 Å². The number of rotatable bonds is 4. The first kappa shape index (κ1) is 17.8. The van der Waals surface area contributed by atoms with Gasteiger partial charge in [-0.3, -0.25) is 24.3 Å². The molecule has 1 heterocycles. The van der Waals surface area contributed by atoms with Crippen molar-refractivity contribution in [1.82, 2.24) is 9.80 Å². The molecule has 1 saturated heterocycles. The first-order chi connectivity index (χ1) is 10.8. The van der Waals surface area contributed by atoms with E-state index in [2.05, 4.69) is 9.89 Å². The highest BCUT2D eigenvalue weighted by Crippen LogP contribution is 2.33. The second-order valence-corrected chi connectivity index (χ2v) is 7.33. The van der Waals surface area contributed by atoms with Gasteiger partial charge in [-0.25, -0.2) is 0 Å². The normalized spacial score (nSPS) is 23.7. The molecule has 0 radical (unpaired) electrons. The van der Waals surface area contributed by atoms with Crippen molar-refractivity contribution in [3.8, 4) is 0 Å². The Hall–Kier alpha value is -1.56. The van der Waals surface area contributed by atoms with Crippen LogP contribution in [0.15, 0.2) is 4.99 Å². The SMILES string of the molecule is CC(=O)N1CCN(CCN=CC2C(=O)CC(C)(C)CC2=O)CC1. The Labute approximate surface area is 137 Å². The van der Waals surface area contributed by atoms with Crippen molar-refractivity contribution >= 4 is 23.7 Å². The van der Waals surface area contributed by atoms with Crippen molar-refractivity contribution in [1.29, 1.82) is 0 Å². The number of hydrogen-bond donors (Lipinski definition) is 0. The largest absolute Gasteiger partial charge is 0.340 e. The Morgan fingerprint density at radius 1 is 1.17 bits per heavy atom. The molecule has 2 rings (SSSR count). The van der Waals surface area contributed by atoms with Crippen LogP contribution < -0.4 is 0 Å². The van der Waals surface area contributed by atoms with E-state index in [1.165, 1.54) is 0 Å². The van der Waals surface area contributed by atoms with Gasteiger partial charge in [0, 0.05) is 58.7 Å². The average Bonchev–Trinajstić information content (AvgIpc) is 2.45. The van der Waals surface area contributed by atoms with E-state index in [1.54, 1.807) is 13.1 Å². The maximum absolute atomic E-state index is 12.1. The molecule has 1 amide bonds. The van der Waals surface area contributed by atoms with Gasteiger partial charge >= 0.3 is 0 Å². The molecule has 1 aliphatic carbocycles. The summed E-state index contributed by atoms with van der Waals surface area (Å²) in [6.45, 7) is 10.1. The number of Topliss-reactive ketones (excluding diaryl/α,β-unsaturated/α-hetero) is 2. The van der Waals surface area contributed by atoms with Crippen molar-refractivity contribution < 1.29 is 14.4 Å². The molecule has 0 unspecified atom stereocenters. The van der Waals surface area contributed by atoms with Gasteiger partial charge in [-0.15, -0.1) is 0 Å². The summed E-state index contributed by atoms with van der Waals surface area (Å²) in [5.74, 6) is -0.535. The second-order valence-electron chi connectivity index (χ2n) is 7.33. The van der Waals surface area contributed by atoms with Gasteiger partial charge in [0.1, 0.15) is 17.5 Å². The van der Waals surface area contributed by atoms with Gasteiger partial charge in [-0.1, -0.05) is 13.8 Å². The van der Waals surface area contributed by atoms with Gasteiger partial charge in [0.15, 0.2) is 0 Å². The Morgan fingerprint density at radius 2 is 1.74 bits per heavy atom. The fourth-order valence-electron chi connectivity index (χ4n) is 3.24. The van der Waals surface area contributed by atoms with Crippen LogP contribution in [0.5, 0.6) is 0 Å². The van der Waals surface area contributed by atoms with Crippen LogP contribution >= 0.6 is 0 Å². The minimum absolute atomic E-state index is 0.00919. The van der Waals surface area contributed by atoms with E-state index in [4.69, 9.17) is 0 Å². The molecule has 6 heteroatoms. The zero-order chi connectivity index (χ0) is 17.0. The Morgan fingerprint density at radius 3 is 2.26 bits per heavy atom. The fraction of sp³-hybridized carbons (Fsp3) is 0.765. The number of amides is 1.